The minimum atomic E-state index is -1.49. The summed E-state index contributed by atoms with van der Waals surface area (Å²) in [6.07, 6.45) is -1.51. The average Bonchev–Trinajstić information content (AvgIpc) is 3.42. The van der Waals surface area contributed by atoms with Crippen LogP contribution >= 0.6 is 11.8 Å². The Hall–Kier alpha value is -3.62. The Morgan fingerprint density at radius 3 is 2.03 bits per heavy atom. The maximum Gasteiger partial charge on any atom is 0.331 e. The van der Waals surface area contributed by atoms with Gasteiger partial charge in [-0.15, -0.1) is 11.8 Å². The number of nitrogens with zero attached hydrogens (tertiary/aromatic N) is 1. The molecule has 3 heterocycles. The van der Waals surface area contributed by atoms with Gasteiger partial charge in [0.1, 0.15) is 11.4 Å². The van der Waals surface area contributed by atoms with Crippen molar-refractivity contribution in [1.29, 1.82) is 0 Å². The van der Waals surface area contributed by atoms with E-state index in [1.807, 2.05) is 92.7 Å². The second-order valence-corrected chi connectivity index (χ2v) is 11.7. The van der Waals surface area contributed by atoms with E-state index in [1.54, 1.807) is 12.1 Å². The number of ether oxygens (including phenoxy) is 2. The van der Waals surface area contributed by atoms with Gasteiger partial charge in [-0.3, -0.25) is 9.59 Å². The number of carbonyl (C=O) groups excluding carboxylic acids is 3. The number of carbonyl (C=O) groups is 3. The molecule has 1 spiro atoms. The van der Waals surface area contributed by atoms with Crippen molar-refractivity contribution in [1.82, 2.24) is 10.2 Å². The van der Waals surface area contributed by atoms with Crippen molar-refractivity contribution in [3.63, 3.8) is 0 Å². The van der Waals surface area contributed by atoms with Crippen LogP contribution in [0.2, 0.25) is 0 Å². The molecule has 37 heavy (non-hydrogen) atoms. The van der Waals surface area contributed by atoms with Crippen molar-refractivity contribution in [2.45, 2.75) is 47.9 Å². The molecule has 0 radical (unpaired) electrons. The van der Waals surface area contributed by atoms with E-state index in [4.69, 9.17) is 9.47 Å². The summed E-state index contributed by atoms with van der Waals surface area (Å²) < 4.78 is 11.6. The third-order valence-electron chi connectivity index (χ3n) is 7.12. The van der Waals surface area contributed by atoms with E-state index in [0.717, 1.165) is 11.1 Å². The Kier molecular flexibility index (Phi) is 5.62. The van der Waals surface area contributed by atoms with E-state index in [1.165, 1.54) is 16.7 Å². The predicted molar refractivity (Wildman–Crippen MR) is 138 cm³/mol. The number of esters is 1. The van der Waals surface area contributed by atoms with Gasteiger partial charge in [0, 0.05) is 4.75 Å². The standard InChI is InChI=1S/C29H26N2O5S/c1-28(2)23(25(33)35-21(18-12-6-3-7-13-18)19-14-8-4-9-15-19)31-26(34)29(27(31)37-28)30-24(32)22(36-29)20-16-10-5-11-17-20/h3-17,21-23,27H,1-2H3,(H,30,32)/t22?,23?,27-,29?/m1/s1. The molecule has 2 amide bonds. The first-order valence-electron chi connectivity index (χ1n) is 12.2. The maximum absolute atomic E-state index is 13.7. The van der Waals surface area contributed by atoms with Crippen molar-refractivity contribution in [3.05, 3.63) is 108 Å². The Morgan fingerprint density at radius 2 is 1.46 bits per heavy atom. The van der Waals surface area contributed by atoms with E-state index in [-0.39, 0.29) is 5.91 Å². The number of hydrogen-bond acceptors (Lipinski definition) is 6. The highest BCUT2D eigenvalue weighted by molar-refractivity contribution is 8.01. The minimum absolute atomic E-state index is 0.364. The zero-order valence-electron chi connectivity index (χ0n) is 20.4. The zero-order chi connectivity index (χ0) is 25.8. The number of amides is 2. The summed E-state index contributed by atoms with van der Waals surface area (Å²) in [5, 5.41) is 2.26. The average molecular weight is 515 g/mol. The Morgan fingerprint density at radius 1 is 0.919 bits per heavy atom. The van der Waals surface area contributed by atoms with Crippen LogP contribution in [0.25, 0.3) is 0 Å². The van der Waals surface area contributed by atoms with Crippen LogP contribution in [0, 0.1) is 0 Å². The first-order valence-corrected chi connectivity index (χ1v) is 13.1. The zero-order valence-corrected chi connectivity index (χ0v) is 21.2. The molecule has 3 saturated heterocycles. The smallest absolute Gasteiger partial charge is 0.331 e. The minimum Gasteiger partial charge on any atom is -0.451 e. The van der Waals surface area contributed by atoms with Crippen molar-refractivity contribution in [2.24, 2.45) is 0 Å². The summed E-state index contributed by atoms with van der Waals surface area (Å²) in [5.41, 5.74) is 0.860. The fourth-order valence-electron chi connectivity index (χ4n) is 5.36. The molecule has 3 aromatic carbocycles. The highest BCUT2D eigenvalue weighted by Gasteiger charge is 2.76. The number of β-lactam (4-membered cyclic amide) rings is 1. The summed E-state index contributed by atoms with van der Waals surface area (Å²) in [4.78, 5) is 41.7. The van der Waals surface area contributed by atoms with Crippen LogP contribution in [-0.4, -0.2) is 44.6 Å². The van der Waals surface area contributed by atoms with Crippen molar-refractivity contribution >= 4 is 29.5 Å². The number of thioether (sulfide) groups is 1. The monoisotopic (exact) mass is 514 g/mol. The fourth-order valence-corrected chi connectivity index (χ4v) is 6.99. The van der Waals surface area contributed by atoms with Crippen LogP contribution in [0.3, 0.4) is 0 Å². The lowest BCUT2D eigenvalue weighted by Crippen LogP contribution is -2.78. The lowest BCUT2D eigenvalue weighted by molar-refractivity contribution is -0.201. The van der Waals surface area contributed by atoms with Crippen molar-refractivity contribution in [3.8, 4) is 0 Å². The van der Waals surface area contributed by atoms with Crippen molar-refractivity contribution < 1.29 is 23.9 Å². The van der Waals surface area contributed by atoms with Gasteiger partial charge in [-0.25, -0.2) is 4.79 Å². The largest absolute Gasteiger partial charge is 0.451 e. The fraction of sp³-hybridized carbons (Fsp3) is 0.276. The molecule has 7 nitrogen and oxygen atoms in total. The maximum atomic E-state index is 13.7. The van der Waals surface area contributed by atoms with Crippen LogP contribution in [0.4, 0.5) is 0 Å². The topological polar surface area (TPSA) is 84.9 Å². The van der Waals surface area contributed by atoms with E-state index in [9.17, 15) is 14.4 Å². The van der Waals surface area contributed by atoms with Gasteiger partial charge >= 0.3 is 5.97 Å². The molecule has 0 aliphatic carbocycles. The van der Waals surface area contributed by atoms with Crippen LogP contribution < -0.4 is 5.32 Å². The summed E-state index contributed by atoms with van der Waals surface area (Å²) in [5.74, 6) is -1.29. The van der Waals surface area contributed by atoms with Crippen LogP contribution in [0.1, 0.15) is 42.7 Å². The summed E-state index contributed by atoms with van der Waals surface area (Å²) in [6, 6.07) is 27.3. The Balaban J connectivity index is 1.27. The molecular weight excluding hydrogens is 488 g/mol. The molecule has 4 atom stereocenters. The molecule has 0 saturated carbocycles. The molecule has 3 aliphatic rings. The molecular formula is C29H26N2O5S. The quantitative estimate of drug-likeness (QED) is 0.410. The van der Waals surface area contributed by atoms with Gasteiger partial charge in [-0.1, -0.05) is 91.0 Å². The van der Waals surface area contributed by atoms with Crippen LogP contribution in [-0.2, 0) is 23.9 Å². The van der Waals surface area contributed by atoms with Crippen LogP contribution in [0.15, 0.2) is 91.0 Å². The van der Waals surface area contributed by atoms with Gasteiger partial charge in [0.25, 0.3) is 17.5 Å². The molecule has 0 aromatic heterocycles. The summed E-state index contributed by atoms with van der Waals surface area (Å²) in [6.45, 7) is 3.82. The highest BCUT2D eigenvalue weighted by atomic mass is 32.2. The third-order valence-corrected chi connectivity index (χ3v) is 8.73. The molecule has 3 unspecified atom stereocenters. The SMILES string of the molecule is CC1(C)S[C@H]2N(C(=O)C23NC(=O)C(c2ccccc2)O3)C1C(=O)OC(c1ccccc1)c1ccccc1. The van der Waals surface area contributed by atoms with Gasteiger partial charge in [0.05, 0.1) is 0 Å². The van der Waals surface area contributed by atoms with Crippen LogP contribution in [0.5, 0.6) is 0 Å². The van der Waals surface area contributed by atoms with Crippen molar-refractivity contribution in [2.75, 3.05) is 0 Å². The first kappa shape index (κ1) is 23.8. The lowest BCUT2D eigenvalue weighted by Gasteiger charge is -2.49. The predicted octanol–water partition coefficient (Wildman–Crippen LogP) is 3.97. The molecule has 0 bridgehead atoms. The normalized spacial score (nSPS) is 27.6. The Labute approximate surface area is 219 Å². The van der Waals surface area contributed by atoms with E-state index < -0.39 is 46.0 Å². The molecule has 6 rings (SSSR count). The molecule has 1 N–H and O–H groups in total. The number of hydrogen-bond donors (Lipinski definition) is 1. The van der Waals surface area contributed by atoms with Gasteiger partial charge in [0.15, 0.2) is 12.2 Å². The van der Waals surface area contributed by atoms with Gasteiger partial charge in [-0.05, 0) is 30.5 Å². The Bertz CT molecular complexity index is 1310. The molecule has 3 aliphatic heterocycles. The first-order chi connectivity index (χ1) is 17.8. The van der Waals surface area contributed by atoms with Gasteiger partial charge < -0.3 is 19.7 Å². The van der Waals surface area contributed by atoms with E-state index >= 15 is 0 Å². The summed E-state index contributed by atoms with van der Waals surface area (Å²) in [7, 11) is 0. The second-order valence-electron chi connectivity index (χ2n) is 9.96. The van der Waals surface area contributed by atoms with Gasteiger partial charge in [-0.2, -0.15) is 0 Å². The van der Waals surface area contributed by atoms with E-state index in [2.05, 4.69) is 5.32 Å². The molecule has 3 aromatic rings. The lowest BCUT2D eigenvalue weighted by atomic mass is 9.93. The number of fused-ring (bicyclic) bond motifs is 2. The van der Waals surface area contributed by atoms with Gasteiger partial charge in [0.2, 0.25) is 0 Å². The number of nitrogens with one attached hydrogen (secondary N) is 1. The number of benzene rings is 3. The highest BCUT2D eigenvalue weighted by Crippen LogP contribution is 2.57. The van der Waals surface area contributed by atoms with E-state index in [0.29, 0.717) is 5.56 Å². The summed E-state index contributed by atoms with van der Waals surface area (Å²) >= 11 is 1.44. The molecule has 3 fully saturated rings. The third kappa shape index (κ3) is 3.74. The second kappa shape index (κ2) is 8.75. The number of rotatable bonds is 5. The molecule has 188 valence electrons. The molecule has 8 heteroatoms.